The fourth-order valence-electron chi connectivity index (χ4n) is 0.623. The quantitative estimate of drug-likeness (QED) is 0.402. The molecule has 1 aliphatic heterocycles. The van der Waals surface area contributed by atoms with Crippen molar-refractivity contribution in [3.63, 3.8) is 0 Å². The van der Waals surface area contributed by atoms with E-state index in [2.05, 4.69) is 26.7 Å². The van der Waals surface area contributed by atoms with Crippen LogP contribution in [0.25, 0.3) is 0 Å². The van der Waals surface area contributed by atoms with Crippen LogP contribution >= 0.6 is 19.8 Å². The molecular formula is C5H8INOZn. The van der Waals surface area contributed by atoms with Gasteiger partial charge in [0, 0.05) is 6.42 Å². The molecule has 0 aromatic heterocycles. The van der Waals surface area contributed by atoms with Crippen molar-refractivity contribution in [2.75, 3.05) is 0 Å². The summed E-state index contributed by atoms with van der Waals surface area (Å²) in [5.41, 5.74) is 0. The van der Waals surface area contributed by atoms with Gasteiger partial charge in [-0.1, -0.05) is 12.5 Å². The molecule has 48 valence electrons. The minimum absolute atomic E-state index is 0.106. The maximum absolute atomic E-state index is 10.5. The third kappa shape index (κ3) is 4.26. The molecule has 1 heterocycles. The number of nitrogens with one attached hydrogen (secondary N) is 1. The van der Waals surface area contributed by atoms with Crippen LogP contribution in [-0.4, -0.2) is 11.9 Å². The molecule has 0 saturated carbocycles. The molecule has 4 heteroatoms. The van der Waals surface area contributed by atoms with Gasteiger partial charge in [0.25, 0.3) is 0 Å². The van der Waals surface area contributed by atoms with Crippen LogP contribution in [0.4, 0.5) is 0 Å². The summed E-state index contributed by atoms with van der Waals surface area (Å²) in [5.74, 6) is -0.106. The van der Waals surface area contributed by atoms with E-state index in [4.69, 9.17) is 1.41 Å². The zero-order chi connectivity index (χ0) is 8.15. The van der Waals surface area contributed by atoms with Crippen LogP contribution in [0, 0.1) is 6.92 Å². The van der Waals surface area contributed by atoms with Gasteiger partial charge in [-0.05, 0) is 0 Å². The van der Waals surface area contributed by atoms with E-state index < -0.39 is 0 Å². The van der Waals surface area contributed by atoms with Gasteiger partial charge < -0.3 is 12.2 Å². The Morgan fingerprint density at radius 1 is 2.00 bits per heavy atom. The van der Waals surface area contributed by atoms with Crippen molar-refractivity contribution < 1.29 is 21.0 Å². The molecular weight excluding hydrogens is 282 g/mol. The molecule has 0 aliphatic carbocycles. The van der Waals surface area contributed by atoms with E-state index in [9.17, 15) is 4.79 Å². The normalized spacial score (nSPS) is 27.1. The number of rotatable bonds is 0. The Labute approximate surface area is 77.5 Å². The van der Waals surface area contributed by atoms with E-state index in [0.29, 0.717) is 6.42 Å². The van der Waals surface area contributed by atoms with Gasteiger partial charge in [-0.15, -0.1) is 0 Å². The summed E-state index contributed by atoms with van der Waals surface area (Å²) in [6.45, 7) is 3.59. The van der Waals surface area contributed by atoms with Crippen molar-refractivity contribution in [1.82, 2.24) is 5.31 Å². The Balaban J connectivity index is 0.000000371. The zero-order valence-corrected chi connectivity index (χ0v) is 10.3. The van der Waals surface area contributed by atoms with Gasteiger partial charge in [-0.25, -0.2) is 0 Å². The van der Waals surface area contributed by atoms with Crippen LogP contribution in [-0.2, 0) is 19.6 Å². The Bertz CT molecular complexity index is 124. The molecule has 0 spiro atoms. The van der Waals surface area contributed by atoms with Crippen LogP contribution in [0.2, 0.25) is 1.41 Å². The molecule has 1 rings (SSSR count). The first-order valence-corrected chi connectivity index (χ1v) is 11.7. The predicted octanol–water partition coefficient (Wildman–Crippen LogP) is 0.982. The van der Waals surface area contributed by atoms with Gasteiger partial charge in [0.05, 0.1) is 0 Å². The number of hydrogen-bond donors (Lipinski definition) is 1. The Morgan fingerprint density at radius 2 is 2.56 bits per heavy atom. The van der Waals surface area contributed by atoms with Crippen molar-refractivity contribution >= 4 is 25.7 Å². The van der Waals surface area contributed by atoms with Crippen LogP contribution in [0.5, 0.6) is 0 Å². The Kier molecular flexibility index (Phi) is 4.93. The maximum atomic E-state index is 10.5. The van der Waals surface area contributed by atoms with Crippen molar-refractivity contribution in [3.05, 3.63) is 6.92 Å². The topological polar surface area (TPSA) is 29.1 Å². The van der Waals surface area contributed by atoms with Gasteiger partial charge in [-0.3, -0.25) is 4.79 Å². The third-order valence-electron chi connectivity index (χ3n) is 1.02. The van der Waals surface area contributed by atoms with E-state index in [1.54, 1.807) is 0 Å². The number of halogens is 1. The van der Waals surface area contributed by atoms with Crippen molar-refractivity contribution in [2.24, 2.45) is 0 Å². The molecule has 1 saturated heterocycles. The van der Waals surface area contributed by atoms with Crippen LogP contribution in [0.1, 0.15) is 12.8 Å². The average molecular weight is 291 g/mol. The second kappa shape index (κ2) is 5.60. The average Bonchev–Trinajstić information content (AvgIpc) is 2.25. The first-order valence-electron chi connectivity index (χ1n) is 3.07. The summed E-state index contributed by atoms with van der Waals surface area (Å²) in [6, 6.07) is -0.109. The SMILES string of the molecule is [2H]N1C(=O)CC[C@H]1[CH2-].[Zn+][I]. The van der Waals surface area contributed by atoms with Crippen molar-refractivity contribution in [2.45, 2.75) is 18.9 Å². The molecule has 0 aromatic carbocycles. The second-order valence-corrected chi connectivity index (χ2v) is 1.72. The van der Waals surface area contributed by atoms with Gasteiger partial charge in [0.1, 0.15) is 0 Å². The van der Waals surface area contributed by atoms with Gasteiger partial charge in [0.15, 0.2) is 1.41 Å². The van der Waals surface area contributed by atoms with E-state index in [-0.39, 0.29) is 11.9 Å². The van der Waals surface area contributed by atoms with Crippen LogP contribution < -0.4 is 5.31 Å². The van der Waals surface area contributed by atoms with Crippen LogP contribution in [0.15, 0.2) is 0 Å². The molecule has 1 amide bonds. The number of amides is 1. The van der Waals surface area contributed by atoms with Crippen LogP contribution in [0.3, 0.4) is 0 Å². The van der Waals surface area contributed by atoms with E-state index in [1.807, 2.05) is 0 Å². The van der Waals surface area contributed by atoms with Crippen molar-refractivity contribution in [3.8, 4) is 0 Å². The fourth-order valence-corrected chi connectivity index (χ4v) is 0.623. The summed E-state index contributed by atoms with van der Waals surface area (Å²) in [7, 11) is 0. The summed E-state index contributed by atoms with van der Waals surface area (Å²) in [4.78, 5) is 10.5. The summed E-state index contributed by atoms with van der Waals surface area (Å²) in [6.07, 6.45) is 1.24. The van der Waals surface area contributed by atoms with Crippen molar-refractivity contribution in [1.29, 1.82) is 0 Å². The molecule has 1 aliphatic rings. The van der Waals surface area contributed by atoms with Gasteiger partial charge >= 0.3 is 34.5 Å². The molecule has 1 atom stereocenters. The summed E-state index contributed by atoms with van der Waals surface area (Å²) < 4.78 is 6.97. The molecule has 0 bridgehead atoms. The molecule has 0 aromatic rings. The molecule has 0 radical (unpaired) electrons. The first kappa shape index (κ1) is 7.93. The van der Waals surface area contributed by atoms with E-state index >= 15 is 0 Å². The number of hydrogen-bond acceptors (Lipinski definition) is 1. The molecule has 0 unspecified atom stereocenters. The molecule has 1 N–H and O–H groups in total. The Hall–Kier alpha value is 0.823. The second-order valence-electron chi connectivity index (χ2n) is 1.72. The van der Waals surface area contributed by atoms with Gasteiger partial charge in [0.2, 0.25) is 5.91 Å². The van der Waals surface area contributed by atoms with E-state index in [1.165, 1.54) is 14.8 Å². The first-order chi connectivity index (χ1) is 4.72. The predicted molar refractivity (Wildman–Crippen MR) is 40.5 cm³/mol. The Morgan fingerprint density at radius 3 is 2.67 bits per heavy atom. The molecule has 1 fully saturated rings. The number of carbonyl (C=O) groups excluding carboxylic acids is 1. The standard InChI is InChI=1S/C5H8NO.HI.Zn/c1-4-2-3-5(7)6-4;;/h4H,1-3H2,(H,6,7);1H;/q-1;;+2/p-1/t4-;;/m1../s1/i/hD. The summed E-state index contributed by atoms with van der Waals surface area (Å²) >= 11 is 3.62. The van der Waals surface area contributed by atoms with E-state index in [0.717, 1.165) is 11.7 Å². The van der Waals surface area contributed by atoms with Gasteiger partial charge in [-0.2, -0.15) is 0 Å². The zero-order valence-electron chi connectivity index (χ0n) is 6.14. The summed E-state index contributed by atoms with van der Waals surface area (Å²) in [5, 5.41) is 0.944. The molecule has 2 nitrogen and oxygen atoms in total. The fraction of sp³-hybridized carbons (Fsp3) is 0.600. The third-order valence-corrected chi connectivity index (χ3v) is 1.02. The monoisotopic (exact) mass is 290 g/mol. The molecule has 9 heavy (non-hydrogen) atoms. The minimum atomic E-state index is -0.109. The number of carbonyl (C=O) groups is 1.